The second-order valence-electron chi connectivity index (χ2n) is 7.50. The SMILES string of the molecule is CSc1nc2sc3c(c2c2nnc(SCc4ccccc4)n12)C[C@@H](C(C)C)OC3. The Labute approximate surface area is 182 Å². The summed E-state index contributed by atoms with van der Waals surface area (Å²) in [5.74, 6) is 1.35. The van der Waals surface area contributed by atoms with Crippen LogP contribution in [-0.2, 0) is 23.5 Å². The Kier molecular flexibility index (Phi) is 5.28. The molecule has 1 aromatic carbocycles. The molecule has 5 nitrogen and oxygen atoms in total. The molecule has 3 aromatic heterocycles. The number of thioether (sulfide) groups is 2. The van der Waals surface area contributed by atoms with Gasteiger partial charge in [-0.15, -0.1) is 21.5 Å². The van der Waals surface area contributed by atoms with Crippen molar-refractivity contribution < 1.29 is 4.74 Å². The van der Waals surface area contributed by atoms with E-state index < -0.39 is 0 Å². The highest BCUT2D eigenvalue weighted by molar-refractivity contribution is 7.99. The van der Waals surface area contributed by atoms with E-state index in [1.165, 1.54) is 16.0 Å². The predicted octanol–water partition coefficient (Wildman–Crippen LogP) is 5.45. The Hall–Kier alpha value is -1.61. The minimum Gasteiger partial charge on any atom is -0.372 e. The van der Waals surface area contributed by atoms with Crippen LogP contribution in [-0.4, -0.2) is 31.9 Å². The molecule has 0 N–H and O–H groups in total. The molecule has 0 saturated heterocycles. The Balaban J connectivity index is 1.61. The van der Waals surface area contributed by atoms with Gasteiger partial charge in [-0.2, -0.15) is 0 Å². The second kappa shape index (κ2) is 7.91. The predicted molar refractivity (Wildman–Crippen MR) is 121 cm³/mol. The molecule has 0 bridgehead atoms. The van der Waals surface area contributed by atoms with Gasteiger partial charge in [0, 0.05) is 17.1 Å². The lowest BCUT2D eigenvalue weighted by atomic mass is 9.96. The van der Waals surface area contributed by atoms with Gasteiger partial charge in [-0.25, -0.2) is 9.38 Å². The maximum Gasteiger partial charge on any atom is 0.198 e. The van der Waals surface area contributed by atoms with Crippen molar-refractivity contribution in [3.63, 3.8) is 0 Å². The average molecular weight is 443 g/mol. The lowest BCUT2D eigenvalue weighted by Crippen LogP contribution is -2.26. The van der Waals surface area contributed by atoms with Gasteiger partial charge in [-0.3, -0.25) is 0 Å². The quantitative estimate of drug-likeness (QED) is 0.303. The standard InChI is InChI=1S/C21H22N4OS3/c1-12(2)15-9-14-16(10-26-15)29-19-17(14)18-23-24-21(25(18)20(22-19)27-3)28-11-13-7-5-4-6-8-13/h4-8,12,15H,9-11H2,1-3H3/t15-/m0/s1. The first-order valence-corrected chi connectivity index (χ1v) is 12.7. The lowest BCUT2D eigenvalue weighted by Gasteiger charge is -2.26. The van der Waals surface area contributed by atoms with Crippen LogP contribution in [0.25, 0.3) is 15.9 Å². The number of ether oxygens (including phenoxy) is 1. The Morgan fingerprint density at radius 1 is 1.21 bits per heavy atom. The van der Waals surface area contributed by atoms with E-state index in [1.54, 1.807) is 34.9 Å². The lowest BCUT2D eigenvalue weighted by molar-refractivity contribution is 0.00203. The average Bonchev–Trinajstić information content (AvgIpc) is 3.32. The van der Waals surface area contributed by atoms with Crippen LogP contribution in [0, 0.1) is 5.92 Å². The molecule has 1 aliphatic rings. The number of rotatable bonds is 5. The molecule has 5 rings (SSSR count). The molecule has 0 radical (unpaired) electrons. The van der Waals surface area contributed by atoms with Crippen LogP contribution in [0.4, 0.5) is 0 Å². The third-order valence-electron chi connectivity index (χ3n) is 5.29. The van der Waals surface area contributed by atoms with Crippen molar-refractivity contribution in [2.24, 2.45) is 5.92 Å². The van der Waals surface area contributed by atoms with Gasteiger partial charge < -0.3 is 4.74 Å². The van der Waals surface area contributed by atoms with Crippen molar-refractivity contribution >= 4 is 50.7 Å². The van der Waals surface area contributed by atoms with Gasteiger partial charge in [-0.1, -0.05) is 67.7 Å². The molecular formula is C21H22N4OS3. The van der Waals surface area contributed by atoms with Gasteiger partial charge in [0.25, 0.3) is 0 Å². The summed E-state index contributed by atoms with van der Waals surface area (Å²) in [7, 11) is 0. The fourth-order valence-electron chi connectivity index (χ4n) is 3.70. The number of nitrogens with zero attached hydrogens (tertiary/aromatic N) is 4. The summed E-state index contributed by atoms with van der Waals surface area (Å²) < 4.78 is 8.22. The van der Waals surface area contributed by atoms with Crippen LogP contribution in [0.5, 0.6) is 0 Å². The van der Waals surface area contributed by atoms with E-state index in [4.69, 9.17) is 9.72 Å². The Morgan fingerprint density at radius 2 is 2.03 bits per heavy atom. The van der Waals surface area contributed by atoms with E-state index in [0.29, 0.717) is 12.5 Å². The highest BCUT2D eigenvalue weighted by Gasteiger charge is 2.28. The second-order valence-corrected chi connectivity index (χ2v) is 10.3. The molecule has 8 heteroatoms. The number of thiophene rings is 1. The number of hydrogen-bond acceptors (Lipinski definition) is 7. The molecular weight excluding hydrogens is 420 g/mol. The molecule has 0 unspecified atom stereocenters. The highest BCUT2D eigenvalue weighted by atomic mass is 32.2. The van der Waals surface area contributed by atoms with Crippen LogP contribution in [0.2, 0.25) is 0 Å². The summed E-state index contributed by atoms with van der Waals surface area (Å²) in [4.78, 5) is 7.31. The third kappa shape index (κ3) is 3.46. The summed E-state index contributed by atoms with van der Waals surface area (Å²) in [6.07, 6.45) is 3.22. The zero-order chi connectivity index (χ0) is 20.0. The maximum absolute atomic E-state index is 6.09. The van der Waals surface area contributed by atoms with Crippen LogP contribution in [0.3, 0.4) is 0 Å². The first kappa shape index (κ1) is 19.4. The van der Waals surface area contributed by atoms with Gasteiger partial charge >= 0.3 is 0 Å². The van der Waals surface area contributed by atoms with Crippen LogP contribution in [0.1, 0.15) is 29.9 Å². The minimum atomic E-state index is 0.246. The Bertz CT molecular complexity index is 1170. The van der Waals surface area contributed by atoms with E-state index in [-0.39, 0.29) is 6.10 Å². The molecule has 1 aliphatic heterocycles. The summed E-state index contributed by atoms with van der Waals surface area (Å²) in [6.45, 7) is 5.11. The van der Waals surface area contributed by atoms with E-state index in [9.17, 15) is 0 Å². The van der Waals surface area contributed by atoms with Gasteiger partial charge in [0.05, 0.1) is 18.1 Å². The number of benzene rings is 1. The van der Waals surface area contributed by atoms with Crippen LogP contribution >= 0.6 is 34.9 Å². The zero-order valence-electron chi connectivity index (χ0n) is 16.6. The summed E-state index contributed by atoms with van der Waals surface area (Å²) >= 11 is 5.09. The van der Waals surface area contributed by atoms with Gasteiger partial charge in [0.2, 0.25) is 0 Å². The number of aromatic nitrogens is 4. The van der Waals surface area contributed by atoms with E-state index in [1.807, 2.05) is 6.07 Å². The first-order chi connectivity index (χ1) is 14.2. The molecule has 150 valence electrons. The van der Waals surface area contributed by atoms with Crippen molar-refractivity contribution in [3.05, 3.63) is 46.3 Å². The molecule has 1 atom stereocenters. The smallest absolute Gasteiger partial charge is 0.198 e. The molecule has 0 amide bonds. The molecule has 0 spiro atoms. The molecule has 29 heavy (non-hydrogen) atoms. The first-order valence-electron chi connectivity index (χ1n) is 9.67. The summed E-state index contributed by atoms with van der Waals surface area (Å²) in [6, 6.07) is 10.5. The zero-order valence-corrected chi connectivity index (χ0v) is 19.0. The van der Waals surface area contributed by atoms with Gasteiger partial charge in [0.15, 0.2) is 16.0 Å². The fourth-order valence-corrected chi connectivity index (χ4v) is 6.36. The van der Waals surface area contributed by atoms with Gasteiger partial charge in [0.1, 0.15) is 4.83 Å². The molecule has 4 aromatic rings. The molecule has 4 heterocycles. The van der Waals surface area contributed by atoms with Crippen LogP contribution in [0.15, 0.2) is 40.6 Å². The summed E-state index contributed by atoms with van der Waals surface area (Å²) in [5, 5.41) is 12.2. The van der Waals surface area contributed by atoms with Crippen molar-refractivity contribution in [1.29, 1.82) is 0 Å². The van der Waals surface area contributed by atoms with E-state index >= 15 is 0 Å². The third-order valence-corrected chi connectivity index (χ3v) is 8.03. The monoisotopic (exact) mass is 442 g/mol. The summed E-state index contributed by atoms with van der Waals surface area (Å²) in [5.41, 5.74) is 3.56. The number of fused-ring (bicyclic) bond motifs is 5. The highest BCUT2D eigenvalue weighted by Crippen LogP contribution is 2.40. The largest absolute Gasteiger partial charge is 0.372 e. The number of hydrogen-bond donors (Lipinski definition) is 0. The molecule has 0 fully saturated rings. The van der Waals surface area contributed by atoms with Crippen molar-refractivity contribution in [1.82, 2.24) is 19.6 Å². The topological polar surface area (TPSA) is 52.3 Å². The Morgan fingerprint density at radius 3 is 2.79 bits per heavy atom. The van der Waals surface area contributed by atoms with E-state index in [0.717, 1.165) is 38.4 Å². The molecule has 0 aliphatic carbocycles. The normalized spacial score (nSPS) is 16.8. The van der Waals surface area contributed by atoms with Crippen molar-refractivity contribution in [2.45, 2.75) is 49.0 Å². The van der Waals surface area contributed by atoms with E-state index in [2.05, 4.69) is 59.0 Å². The molecule has 0 saturated carbocycles. The minimum absolute atomic E-state index is 0.246. The van der Waals surface area contributed by atoms with Gasteiger partial charge in [-0.05, 0) is 23.3 Å². The van der Waals surface area contributed by atoms with Crippen LogP contribution < -0.4 is 0 Å². The van der Waals surface area contributed by atoms with Crippen molar-refractivity contribution in [3.8, 4) is 0 Å². The fraction of sp³-hybridized carbons (Fsp3) is 0.381. The van der Waals surface area contributed by atoms with Crippen molar-refractivity contribution in [2.75, 3.05) is 6.26 Å². The maximum atomic E-state index is 6.09.